The number of hydrogen-bond donors (Lipinski definition) is 1. The van der Waals surface area contributed by atoms with Crippen LogP contribution in [0.4, 0.5) is 0 Å². The number of benzene rings is 1. The largest absolute Gasteiger partial charge is 0.334 e. The monoisotopic (exact) mass is 349 g/mol. The fourth-order valence-electron chi connectivity index (χ4n) is 2.95. The first-order valence-electron chi connectivity index (χ1n) is 8.54. The van der Waals surface area contributed by atoms with E-state index in [1.54, 1.807) is 23.0 Å². The van der Waals surface area contributed by atoms with Crippen LogP contribution in [-0.2, 0) is 13.0 Å². The molecular formula is C19H19N5O2. The van der Waals surface area contributed by atoms with E-state index in [0.29, 0.717) is 30.3 Å². The standard InChI is InChI=1S/C19H19N5O2/c1-12(2)11-24-7-3-4-15(19(24)25)18-21-17(23-26-18)9-13-5-6-14-10-20-22-16(14)8-13/h3-8,10,12H,9,11H2,1-2H3,(H,20,22). The Morgan fingerprint density at radius 1 is 1.27 bits per heavy atom. The molecule has 0 amide bonds. The third kappa shape index (κ3) is 3.15. The van der Waals surface area contributed by atoms with Crippen molar-refractivity contribution in [1.82, 2.24) is 24.9 Å². The van der Waals surface area contributed by atoms with Gasteiger partial charge in [0.15, 0.2) is 5.82 Å². The maximum Gasteiger partial charge on any atom is 0.263 e. The van der Waals surface area contributed by atoms with Crippen molar-refractivity contribution in [3.8, 4) is 11.5 Å². The van der Waals surface area contributed by atoms with E-state index in [1.165, 1.54) is 0 Å². The number of nitrogens with zero attached hydrogens (tertiary/aromatic N) is 4. The molecule has 0 bridgehead atoms. The van der Waals surface area contributed by atoms with Gasteiger partial charge < -0.3 is 9.09 Å². The lowest BCUT2D eigenvalue weighted by atomic mass is 10.1. The van der Waals surface area contributed by atoms with Crippen LogP contribution in [0.25, 0.3) is 22.4 Å². The van der Waals surface area contributed by atoms with Crippen LogP contribution in [0.1, 0.15) is 25.2 Å². The maximum absolute atomic E-state index is 12.6. The molecule has 3 aromatic heterocycles. The number of pyridine rings is 1. The van der Waals surface area contributed by atoms with Crippen LogP contribution in [0.2, 0.25) is 0 Å². The first-order chi connectivity index (χ1) is 12.6. The van der Waals surface area contributed by atoms with Crippen LogP contribution in [0.5, 0.6) is 0 Å². The summed E-state index contributed by atoms with van der Waals surface area (Å²) in [5.74, 6) is 1.17. The van der Waals surface area contributed by atoms with Crippen molar-refractivity contribution in [2.24, 2.45) is 5.92 Å². The summed E-state index contributed by atoms with van der Waals surface area (Å²) in [5, 5.41) is 12.0. The van der Waals surface area contributed by atoms with Crippen molar-refractivity contribution in [3.63, 3.8) is 0 Å². The molecule has 0 fully saturated rings. The van der Waals surface area contributed by atoms with Gasteiger partial charge in [0, 0.05) is 24.5 Å². The molecule has 0 spiro atoms. The molecule has 3 heterocycles. The van der Waals surface area contributed by atoms with Crippen molar-refractivity contribution in [2.75, 3.05) is 0 Å². The van der Waals surface area contributed by atoms with E-state index in [2.05, 4.69) is 34.2 Å². The fraction of sp³-hybridized carbons (Fsp3) is 0.263. The molecular weight excluding hydrogens is 330 g/mol. The Kier molecular flexibility index (Phi) is 4.12. The Balaban J connectivity index is 1.61. The molecule has 7 heteroatoms. The highest BCUT2D eigenvalue weighted by molar-refractivity contribution is 5.78. The highest BCUT2D eigenvalue weighted by atomic mass is 16.5. The fourth-order valence-corrected chi connectivity index (χ4v) is 2.95. The summed E-state index contributed by atoms with van der Waals surface area (Å²) in [7, 11) is 0. The molecule has 0 atom stereocenters. The second kappa shape index (κ2) is 6.59. The minimum absolute atomic E-state index is 0.115. The van der Waals surface area contributed by atoms with Gasteiger partial charge in [0.25, 0.3) is 11.4 Å². The van der Waals surface area contributed by atoms with E-state index < -0.39 is 0 Å². The van der Waals surface area contributed by atoms with E-state index in [4.69, 9.17) is 4.52 Å². The van der Waals surface area contributed by atoms with E-state index in [9.17, 15) is 4.79 Å². The van der Waals surface area contributed by atoms with Crippen molar-refractivity contribution in [2.45, 2.75) is 26.8 Å². The summed E-state index contributed by atoms with van der Waals surface area (Å²) in [5.41, 5.74) is 2.32. The van der Waals surface area contributed by atoms with Crippen molar-refractivity contribution in [3.05, 3.63) is 64.5 Å². The molecule has 26 heavy (non-hydrogen) atoms. The Hall–Kier alpha value is -3.22. The van der Waals surface area contributed by atoms with E-state index >= 15 is 0 Å². The number of H-pyrrole nitrogens is 1. The molecule has 4 rings (SSSR count). The molecule has 4 aromatic rings. The summed E-state index contributed by atoms with van der Waals surface area (Å²) in [6.45, 7) is 4.79. The lowest BCUT2D eigenvalue weighted by Gasteiger charge is -2.08. The molecule has 0 saturated heterocycles. The summed E-state index contributed by atoms with van der Waals surface area (Å²) < 4.78 is 7.02. The Morgan fingerprint density at radius 2 is 2.15 bits per heavy atom. The number of rotatable bonds is 5. The van der Waals surface area contributed by atoms with Crippen LogP contribution in [-0.4, -0.2) is 24.9 Å². The smallest absolute Gasteiger partial charge is 0.263 e. The zero-order valence-electron chi connectivity index (χ0n) is 14.6. The van der Waals surface area contributed by atoms with Gasteiger partial charge in [-0.3, -0.25) is 9.89 Å². The van der Waals surface area contributed by atoms with E-state index in [0.717, 1.165) is 16.5 Å². The highest BCUT2D eigenvalue weighted by Gasteiger charge is 2.14. The van der Waals surface area contributed by atoms with Crippen LogP contribution >= 0.6 is 0 Å². The highest BCUT2D eigenvalue weighted by Crippen LogP contribution is 2.17. The summed E-state index contributed by atoms with van der Waals surface area (Å²) in [6.07, 6.45) is 4.08. The predicted octanol–water partition coefficient (Wildman–Crippen LogP) is 3.02. The Morgan fingerprint density at radius 3 is 3.00 bits per heavy atom. The van der Waals surface area contributed by atoms with Crippen LogP contribution in [0, 0.1) is 5.92 Å². The molecule has 0 radical (unpaired) electrons. The third-order valence-corrected chi connectivity index (χ3v) is 4.15. The molecule has 0 aliphatic heterocycles. The van der Waals surface area contributed by atoms with Crippen molar-refractivity contribution < 1.29 is 4.52 Å². The minimum atomic E-state index is -0.115. The number of nitrogens with one attached hydrogen (secondary N) is 1. The topological polar surface area (TPSA) is 89.6 Å². The van der Waals surface area contributed by atoms with Crippen LogP contribution in [0.3, 0.4) is 0 Å². The lowest BCUT2D eigenvalue weighted by Crippen LogP contribution is -2.23. The van der Waals surface area contributed by atoms with Gasteiger partial charge in [-0.05, 0) is 29.7 Å². The number of aromatic nitrogens is 5. The summed E-state index contributed by atoms with van der Waals surface area (Å²) >= 11 is 0. The van der Waals surface area contributed by atoms with Gasteiger partial charge in [0.05, 0.1) is 11.7 Å². The molecule has 132 valence electrons. The first-order valence-corrected chi connectivity index (χ1v) is 8.54. The van der Waals surface area contributed by atoms with E-state index in [-0.39, 0.29) is 11.4 Å². The van der Waals surface area contributed by atoms with Gasteiger partial charge in [-0.25, -0.2) is 0 Å². The molecule has 0 aliphatic carbocycles. The van der Waals surface area contributed by atoms with Crippen LogP contribution < -0.4 is 5.56 Å². The Labute approximate surface area is 149 Å². The normalized spacial score (nSPS) is 11.5. The number of fused-ring (bicyclic) bond motifs is 1. The summed E-state index contributed by atoms with van der Waals surface area (Å²) in [4.78, 5) is 17.0. The predicted molar refractivity (Wildman–Crippen MR) is 97.7 cm³/mol. The van der Waals surface area contributed by atoms with Gasteiger partial charge in [0.1, 0.15) is 5.56 Å². The maximum atomic E-state index is 12.6. The van der Waals surface area contributed by atoms with Crippen LogP contribution in [0.15, 0.2) is 52.0 Å². The molecule has 0 saturated carbocycles. The average molecular weight is 349 g/mol. The molecule has 7 nitrogen and oxygen atoms in total. The zero-order chi connectivity index (χ0) is 18.1. The SMILES string of the molecule is CC(C)Cn1cccc(-c2nc(Cc3ccc4cn[nH]c4c3)no2)c1=O. The second-order valence-electron chi connectivity index (χ2n) is 6.76. The van der Waals surface area contributed by atoms with Gasteiger partial charge >= 0.3 is 0 Å². The number of hydrogen-bond acceptors (Lipinski definition) is 5. The van der Waals surface area contributed by atoms with Gasteiger partial charge in [-0.1, -0.05) is 31.1 Å². The molecule has 1 aromatic carbocycles. The first kappa shape index (κ1) is 16.3. The molecule has 1 N–H and O–H groups in total. The summed E-state index contributed by atoms with van der Waals surface area (Å²) in [6, 6.07) is 9.56. The second-order valence-corrected chi connectivity index (χ2v) is 6.76. The third-order valence-electron chi connectivity index (χ3n) is 4.15. The average Bonchev–Trinajstić information content (AvgIpc) is 3.25. The number of aromatic amines is 1. The van der Waals surface area contributed by atoms with Gasteiger partial charge in [-0.2, -0.15) is 10.1 Å². The van der Waals surface area contributed by atoms with Gasteiger partial charge in [0.2, 0.25) is 0 Å². The van der Waals surface area contributed by atoms with E-state index in [1.807, 2.05) is 24.3 Å². The quantitative estimate of drug-likeness (QED) is 0.598. The zero-order valence-corrected chi connectivity index (χ0v) is 14.6. The lowest BCUT2D eigenvalue weighted by molar-refractivity contribution is 0.422. The molecule has 0 unspecified atom stereocenters. The minimum Gasteiger partial charge on any atom is -0.334 e. The van der Waals surface area contributed by atoms with Crippen molar-refractivity contribution >= 4 is 10.9 Å². The Bertz CT molecular complexity index is 1110. The van der Waals surface area contributed by atoms with Gasteiger partial charge in [-0.15, -0.1) is 0 Å². The molecule has 0 aliphatic rings. The van der Waals surface area contributed by atoms with Crippen molar-refractivity contribution in [1.29, 1.82) is 0 Å².